The van der Waals surface area contributed by atoms with Gasteiger partial charge in [-0.3, -0.25) is 10.2 Å². The third-order valence-corrected chi connectivity index (χ3v) is 3.64. The van der Waals surface area contributed by atoms with Crippen molar-refractivity contribution in [1.29, 1.82) is 0 Å². The second-order valence-electron chi connectivity index (χ2n) is 4.98. The molecule has 1 saturated heterocycles. The molecule has 1 atom stereocenters. The van der Waals surface area contributed by atoms with Crippen LogP contribution in [0, 0.1) is 0 Å². The molecule has 2 aliphatic heterocycles. The molecule has 1 unspecified atom stereocenters. The zero-order valence-electron chi connectivity index (χ0n) is 11.5. The van der Waals surface area contributed by atoms with Crippen LogP contribution in [0.1, 0.15) is 18.4 Å². The lowest BCUT2D eigenvalue weighted by Crippen LogP contribution is -2.37. The van der Waals surface area contributed by atoms with E-state index in [9.17, 15) is 4.79 Å². The number of hydrogen-bond acceptors (Lipinski definition) is 6. The zero-order chi connectivity index (χ0) is 14.7. The molecule has 2 N–H and O–H groups in total. The van der Waals surface area contributed by atoms with Crippen LogP contribution in [0.5, 0.6) is 11.5 Å². The van der Waals surface area contributed by atoms with Crippen LogP contribution < -0.4 is 20.3 Å². The summed E-state index contributed by atoms with van der Waals surface area (Å²) >= 11 is 6.19. The van der Waals surface area contributed by atoms with Gasteiger partial charge in [0.05, 0.1) is 18.2 Å². The third kappa shape index (κ3) is 3.40. The number of nitrogens with one attached hydrogen (secondary N) is 2. The average molecular weight is 313 g/mol. The Labute approximate surface area is 127 Å². The number of fused-ring (bicyclic) bond motifs is 1. The van der Waals surface area contributed by atoms with E-state index in [-0.39, 0.29) is 18.6 Å². The summed E-state index contributed by atoms with van der Waals surface area (Å²) in [6.07, 6.45) is 1.54. The molecule has 7 heteroatoms. The lowest BCUT2D eigenvalue weighted by atomic mass is 10.2. The zero-order valence-corrected chi connectivity index (χ0v) is 12.2. The Bertz CT molecular complexity index is 532. The van der Waals surface area contributed by atoms with Gasteiger partial charge in [-0.25, -0.2) is 5.43 Å². The number of esters is 1. The smallest absolute Gasteiger partial charge is 0.324 e. The van der Waals surface area contributed by atoms with Crippen molar-refractivity contribution < 1.29 is 19.0 Å². The first kappa shape index (κ1) is 14.4. The van der Waals surface area contributed by atoms with E-state index in [2.05, 4.69) is 10.9 Å². The number of ether oxygens (including phenoxy) is 3. The van der Waals surface area contributed by atoms with Gasteiger partial charge >= 0.3 is 5.97 Å². The summed E-state index contributed by atoms with van der Waals surface area (Å²) in [6, 6.07) is 3.25. The molecule has 1 aromatic carbocycles. The number of benzene rings is 1. The van der Waals surface area contributed by atoms with Gasteiger partial charge in [-0.05, 0) is 24.1 Å². The predicted molar refractivity (Wildman–Crippen MR) is 76.4 cm³/mol. The molecule has 0 aromatic heterocycles. The first-order valence-electron chi connectivity index (χ1n) is 6.97. The molecule has 0 saturated carbocycles. The van der Waals surface area contributed by atoms with Crippen LogP contribution in [0.15, 0.2) is 12.1 Å². The second-order valence-corrected chi connectivity index (χ2v) is 5.38. The van der Waals surface area contributed by atoms with Gasteiger partial charge in [0.1, 0.15) is 12.6 Å². The molecular formula is C14H17ClN2O4. The summed E-state index contributed by atoms with van der Waals surface area (Å²) in [5, 5.41) is 0.473. The number of halogens is 1. The summed E-state index contributed by atoms with van der Waals surface area (Å²) < 4.78 is 16.5. The minimum Gasteiger partial charge on any atom is -0.489 e. The van der Waals surface area contributed by atoms with Crippen LogP contribution in [0.2, 0.25) is 5.02 Å². The highest BCUT2D eigenvalue weighted by Crippen LogP contribution is 2.38. The average Bonchev–Trinajstić information content (AvgIpc) is 2.91. The van der Waals surface area contributed by atoms with Crippen molar-refractivity contribution in [2.75, 3.05) is 19.8 Å². The van der Waals surface area contributed by atoms with E-state index >= 15 is 0 Å². The van der Waals surface area contributed by atoms with Crippen molar-refractivity contribution in [3.05, 3.63) is 22.7 Å². The van der Waals surface area contributed by atoms with Crippen molar-refractivity contribution >= 4 is 17.6 Å². The Morgan fingerprint density at radius 1 is 1.38 bits per heavy atom. The van der Waals surface area contributed by atoms with Crippen LogP contribution in [-0.4, -0.2) is 31.8 Å². The Morgan fingerprint density at radius 3 is 3.05 bits per heavy atom. The van der Waals surface area contributed by atoms with Gasteiger partial charge in [0.2, 0.25) is 0 Å². The molecule has 0 bridgehead atoms. The molecule has 114 valence electrons. The number of carbonyl (C=O) groups excluding carboxylic acids is 1. The van der Waals surface area contributed by atoms with E-state index in [1.165, 1.54) is 0 Å². The number of rotatable bonds is 3. The van der Waals surface area contributed by atoms with E-state index in [0.717, 1.165) is 24.9 Å². The van der Waals surface area contributed by atoms with Gasteiger partial charge in [-0.2, -0.15) is 0 Å². The quantitative estimate of drug-likeness (QED) is 0.823. The molecule has 0 radical (unpaired) electrons. The molecule has 1 fully saturated rings. The summed E-state index contributed by atoms with van der Waals surface area (Å²) in [5.74, 6) is 0.890. The number of hydrazine groups is 1. The fraction of sp³-hybridized carbons (Fsp3) is 0.500. The third-order valence-electron chi connectivity index (χ3n) is 3.36. The fourth-order valence-electron chi connectivity index (χ4n) is 2.28. The van der Waals surface area contributed by atoms with Crippen LogP contribution in [0.25, 0.3) is 0 Å². The Morgan fingerprint density at radius 2 is 2.24 bits per heavy atom. The molecule has 1 aromatic rings. The van der Waals surface area contributed by atoms with Gasteiger partial charge in [-0.15, -0.1) is 0 Å². The molecule has 2 aliphatic rings. The topological polar surface area (TPSA) is 68.8 Å². The summed E-state index contributed by atoms with van der Waals surface area (Å²) in [5.41, 5.74) is 6.55. The van der Waals surface area contributed by atoms with Crippen LogP contribution >= 0.6 is 11.6 Å². The molecule has 0 aliphatic carbocycles. The monoisotopic (exact) mass is 312 g/mol. The largest absolute Gasteiger partial charge is 0.489 e. The summed E-state index contributed by atoms with van der Waals surface area (Å²) in [7, 11) is 0. The molecule has 0 spiro atoms. The van der Waals surface area contributed by atoms with Crippen LogP contribution in [0.3, 0.4) is 0 Å². The fourth-order valence-corrected chi connectivity index (χ4v) is 2.57. The van der Waals surface area contributed by atoms with Gasteiger partial charge in [0.15, 0.2) is 11.5 Å². The van der Waals surface area contributed by atoms with E-state index in [0.29, 0.717) is 29.7 Å². The van der Waals surface area contributed by atoms with Crippen molar-refractivity contribution in [2.24, 2.45) is 0 Å². The SMILES string of the molecule is O=C(OCc1cc(Cl)c2c(c1)OCCCO2)C1CCNN1. The number of carbonyl (C=O) groups is 1. The number of hydrogen-bond donors (Lipinski definition) is 2. The first-order chi connectivity index (χ1) is 10.2. The van der Waals surface area contributed by atoms with Gasteiger partial charge in [-0.1, -0.05) is 11.6 Å². The maximum atomic E-state index is 11.8. The van der Waals surface area contributed by atoms with Crippen molar-refractivity contribution in [1.82, 2.24) is 10.9 Å². The normalized spacial score (nSPS) is 20.9. The predicted octanol–water partition coefficient (Wildman–Crippen LogP) is 1.41. The maximum absolute atomic E-state index is 11.8. The Hall–Kier alpha value is -1.50. The van der Waals surface area contributed by atoms with E-state index in [4.69, 9.17) is 25.8 Å². The van der Waals surface area contributed by atoms with Crippen LogP contribution in [-0.2, 0) is 16.1 Å². The van der Waals surface area contributed by atoms with E-state index < -0.39 is 0 Å². The minimum atomic E-state index is -0.291. The van der Waals surface area contributed by atoms with Crippen LogP contribution in [0.4, 0.5) is 0 Å². The van der Waals surface area contributed by atoms with Crippen molar-refractivity contribution in [3.63, 3.8) is 0 Å². The standard InChI is InChI=1S/C14H17ClN2O4/c15-10-6-9(7-12-13(10)20-5-1-4-19-12)8-21-14(18)11-2-3-16-17-11/h6-7,11,16-17H,1-5,8H2. The molecule has 21 heavy (non-hydrogen) atoms. The summed E-state index contributed by atoms with van der Waals surface area (Å²) in [6.45, 7) is 2.09. The minimum absolute atomic E-state index is 0.160. The Kier molecular flexibility index (Phi) is 4.48. The molecule has 6 nitrogen and oxygen atoms in total. The van der Waals surface area contributed by atoms with E-state index in [1.807, 2.05) is 0 Å². The van der Waals surface area contributed by atoms with Gasteiger partial charge < -0.3 is 14.2 Å². The lowest BCUT2D eigenvalue weighted by Gasteiger charge is -2.13. The molecular weight excluding hydrogens is 296 g/mol. The highest BCUT2D eigenvalue weighted by atomic mass is 35.5. The lowest BCUT2D eigenvalue weighted by molar-refractivity contribution is -0.147. The Balaban J connectivity index is 1.66. The van der Waals surface area contributed by atoms with Gasteiger partial charge in [0, 0.05) is 13.0 Å². The molecule has 0 amide bonds. The molecule has 3 rings (SSSR count). The van der Waals surface area contributed by atoms with Gasteiger partial charge in [0.25, 0.3) is 0 Å². The highest BCUT2D eigenvalue weighted by molar-refractivity contribution is 6.32. The molecule has 2 heterocycles. The maximum Gasteiger partial charge on any atom is 0.324 e. The van der Waals surface area contributed by atoms with Crippen molar-refractivity contribution in [3.8, 4) is 11.5 Å². The second kappa shape index (κ2) is 6.51. The first-order valence-corrected chi connectivity index (χ1v) is 7.35. The summed E-state index contributed by atoms with van der Waals surface area (Å²) in [4.78, 5) is 11.8. The highest BCUT2D eigenvalue weighted by Gasteiger charge is 2.23. The van der Waals surface area contributed by atoms with Crippen molar-refractivity contribution in [2.45, 2.75) is 25.5 Å². The van der Waals surface area contributed by atoms with E-state index in [1.54, 1.807) is 12.1 Å².